The number of hydrogen-bond donors (Lipinski definition) is 1. The first-order valence-corrected chi connectivity index (χ1v) is 5.01. The van der Waals surface area contributed by atoms with Gasteiger partial charge in [-0.05, 0) is 0 Å². The number of aliphatic hydroxyl groups is 1. The normalized spacial score (nSPS) is 15.6. The van der Waals surface area contributed by atoms with Crippen LogP contribution in [0.15, 0.2) is 0 Å². The van der Waals surface area contributed by atoms with Crippen molar-refractivity contribution in [3.05, 3.63) is 0 Å². The number of aliphatic hydroxyl groups excluding tert-OH is 1. The summed E-state index contributed by atoms with van der Waals surface area (Å²) in [6.07, 6.45) is -0.651. The zero-order chi connectivity index (χ0) is 11.4. The summed E-state index contributed by atoms with van der Waals surface area (Å²) in [5.74, 6) is 0. The second-order valence-corrected chi connectivity index (χ2v) is 5.81. The summed E-state index contributed by atoms with van der Waals surface area (Å²) in [6.45, 7) is 2.13. The minimum atomic E-state index is -0.651. The summed E-state index contributed by atoms with van der Waals surface area (Å²) < 4.78 is 6.89. The highest BCUT2D eigenvalue weighted by molar-refractivity contribution is 4.38. The molecule has 14 heavy (non-hydrogen) atoms. The second-order valence-electron chi connectivity index (χ2n) is 5.81. The van der Waals surface area contributed by atoms with E-state index in [2.05, 4.69) is 21.1 Å². The van der Waals surface area contributed by atoms with Gasteiger partial charge < -0.3 is 18.8 Å². The van der Waals surface area contributed by atoms with Gasteiger partial charge in [0.15, 0.2) is 0 Å². The summed E-state index contributed by atoms with van der Waals surface area (Å²) in [4.78, 5) is 0. The van der Waals surface area contributed by atoms with Crippen molar-refractivity contribution in [3.8, 4) is 0 Å². The fourth-order valence-corrected chi connectivity index (χ4v) is 0.984. The number of ether oxygens (including phenoxy) is 1. The van der Waals surface area contributed by atoms with E-state index in [4.69, 9.17) is 4.74 Å². The molecule has 1 atom stereocenters. The highest BCUT2D eigenvalue weighted by Crippen LogP contribution is 1.98. The van der Waals surface area contributed by atoms with Crippen molar-refractivity contribution in [3.63, 3.8) is 0 Å². The van der Waals surface area contributed by atoms with Crippen molar-refractivity contribution in [1.29, 1.82) is 0 Å². The molecule has 0 aromatic rings. The van der Waals surface area contributed by atoms with Crippen molar-refractivity contribution >= 4 is 0 Å². The Balaban J connectivity index is 3.60. The van der Waals surface area contributed by atoms with Crippen LogP contribution in [0.2, 0.25) is 0 Å². The number of likely N-dealkylation sites (N-methyl/N-ethyl adjacent to an activating group) is 2. The Hall–Kier alpha value is -0.160. The van der Waals surface area contributed by atoms with Crippen LogP contribution in [0.4, 0.5) is 0 Å². The van der Waals surface area contributed by atoms with Gasteiger partial charge in [-0.25, -0.2) is 0 Å². The monoisotopic (exact) mass is 206 g/mol. The van der Waals surface area contributed by atoms with Crippen LogP contribution >= 0.6 is 0 Å². The smallest absolute Gasteiger partial charge is 0.205 e. The van der Waals surface area contributed by atoms with E-state index in [0.717, 1.165) is 11.0 Å². The van der Waals surface area contributed by atoms with E-state index in [1.807, 2.05) is 21.1 Å². The van der Waals surface area contributed by atoms with Crippen LogP contribution in [0.1, 0.15) is 0 Å². The van der Waals surface area contributed by atoms with E-state index in [1.54, 1.807) is 0 Å². The standard InChI is InChI=1S/C10H26N2O2/c1-11(2,3)7-8-14-10(13)9-12(4,5)6/h10,13H,7-9H2,1-6H3/q+2. The maximum atomic E-state index is 9.54. The Kier molecular flexibility index (Phi) is 5.01. The van der Waals surface area contributed by atoms with Crippen LogP contribution in [0.25, 0.3) is 0 Å². The van der Waals surface area contributed by atoms with Gasteiger partial charge in [0, 0.05) is 0 Å². The van der Waals surface area contributed by atoms with Crippen molar-refractivity contribution in [1.82, 2.24) is 0 Å². The predicted octanol–water partition coefficient (Wildman–Crippen LogP) is -0.266. The number of rotatable bonds is 6. The van der Waals surface area contributed by atoms with Crippen LogP contribution in [-0.4, -0.2) is 82.3 Å². The topological polar surface area (TPSA) is 29.5 Å². The molecular formula is C10H26N2O2+2. The van der Waals surface area contributed by atoms with E-state index in [1.165, 1.54) is 0 Å². The van der Waals surface area contributed by atoms with Crippen LogP contribution in [0.5, 0.6) is 0 Å². The van der Waals surface area contributed by atoms with Crippen LogP contribution in [0, 0.1) is 0 Å². The molecule has 0 heterocycles. The lowest BCUT2D eigenvalue weighted by Crippen LogP contribution is -2.44. The van der Waals surface area contributed by atoms with E-state index >= 15 is 0 Å². The molecule has 0 aliphatic rings. The Morgan fingerprint density at radius 1 is 1.00 bits per heavy atom. The van der Waals surface area contributed by atoms with Gasteiger partial charge in [0.1, 0.15) is 13.1 Å². The lowest BCUT2D eigenvalue weighted by Gasteiger charge is -2.28. The molecule has 4 heteroatoms. The fraction of sp³-hybridized carbons (Fsp3) is 1.00. The molecule has 0 aromatic carbocycles. The molecule has 0 amide bonds. The first-order chi connectivity index (χ1) is 6.10. The zero-order valence-corrected chi connectivity index (χ0v) is 10.4. The maximum Gasteiger partial charge on any atom is 0.205 e. The molecular weight excluding hydrogens is 180 g/mol. The van der Waals surface area contributed by atoms with Gasteiger partial charge in [0.2, 0.25) is 6.29 Å². The SMILES string of the molecule is C[N+](C)(C)CCOC(O)C[N+](C)(C)C. The quantitative estimate of drug-likeness (QED) is 0.479. The molecule has 0 rings (SSSR count). The third kappa shape index (κ3) is 9.92. The molecule has 0 aliphatic heterocycles. The highest BCUT2D eigenvalue weighted by atomic mass is 16.6. The molecule has 0 fully saturated rings. The maximum absolute atomic E-state index is 9.54. The molecule has 0 bridgehead atoms. The third-order valence-electron chi connectivity index (χ3n) is 1.78. The first-order valence-electron chi connectivity index (χ1n) is 5.01. The third-order valence-corrected chi connectivity index (χ3v) is 1.78. The first kappa shape index (κ1) is 13.8. The van der Waals surface area contributed by atoms with Crippen molar-refractivity contribution in [2.45, 2.75) is 6.29 Å². The Morgan fingerprint density at radius 2 is 1.50 bits per heavy atom. The number of hydrogen-bond acceptors (Lipinski definition) is 2. The number of quaternary nitrogens is 2. The van der Waals surface area contributed by atoms with Gasteiger partial charge in [0.05, 0.1) is 48.9 Å². The van der Waals surface area contributed by atoms with E-state index in [9.17, 15) is 5.11 Å². The van der Waals surface area contributed by atoms with Crippen molar-refractivity contribution < 1.29 is 18.8 Å². The summed E-state index contributed by atoms with van der Waals surface area (Å²) in [5, 5.41) is 9.54. The minimum absolute atomic E-state index is 0.602. The zero-order valence-electron chi connectivity index (χ0n) is 10.4. The molecule has 0 aliphatic carbocycles. The molecule has 0 aromatic heterocycles. The molecule has 0 saturated heterocycles. The lowest BCUT2D eigenvalue weighted by atomic mass is 10.5. The van der Waals surface area contributed by atoms with Crippen molar-refractivity contribution in [2.24, 2.45) is 0 Å². The lowest BCUT2D eigenvalue weighted by molar-refractivity contribution is -0.879. The minimum Gasteiger partial charge on any atom is -0.364 e. The van der Waals surface area contributed by atoms with Gasteiger partial charge in [-0.3, -0.25) is 0 Å². The van der Waals surface area contributed by atoms with Gasteiger partial charge in [-0.1, -0.05) is 0 Å². The van der Waals surface area contributed by atoms with Crippen LogP contribution in [-0.2, 0) is 4.74 Å². The largest absolute Gasteiger partial charge is 0.364 e. The summed E-state index contributed by atoms with van der Waals surface area (Å²) in [7, 11) is 12.4. The molecule has 1 unspecified atom stereocenters. The summed E-state index contributed by atoms with van der Waals surface area (Å²) in [6, 6.07) is 0. The highest BCUT2D eigenvalue weighted by Gasteiger charge is 2.16. The number of nitrogens with zero attached hydrogens (tertiary/aromatic N) is 2. The Bertz CT molecular complexity index is 158. The van der Waals surface area contributed by atoms with Crippen LogP contribution in [0.3, 0.4) is 0 Å². The second kappa shape index (κ2) is 5.07. The van der Waals surface area contributed by atoms with E-state index in [0.29, 0.717) is 17.6 Å². The molecule has 0 saturated carbocycles. The van der Waals surface area contributed by atoms with Gasteiger partial charge in [0.25, 0.3) is 0 Å². The summed E-state index contributed by atoms with van der Waals surface area (Å²) >= 11 is 0. The molecule has 86 valence electrons. The van der Waals surface area contributed by atoms with Gasteiger partial charge >= 0.3 is 0 Å². The average molecular weight is 206 g/mol. The van der Waals surface area contributed by atoms with Crippen molar-refractivity contribution in [2.75, 3.05) is 62.0 Å². The van der Waals surface area contributed by atoms with Crippen LogP contribution < -0.4 is 0 Å². The molecule has 0 radical (unpaired) electrons. The van der Waals surface area contributed by atoms with E-state index < -0.39 is 6.29 Å². The fourth-order valence-electron chi connectivity index (χ4n) is 0.984. The van der Waals surface area contributed by atoms with Gasteiger partial charge in [-0.15, -0.1) is 0 Å². The molecule has 1 N–H and O–H groups in total. The molecule has 0 spiro atoms. The Morgan fingerprint density at radius 3 is 1.86 bits per heavy atom. The Labute approximate surface area is 87.9 Å². The average Bonchev–Trinajstić information content (AvgIpc) is 1.78. The van der Waals surface area contributed by atoms with Gasteiger partial charge in [-0.2, -0.15) is 0 Å². The summed E-state index contributed by atoms with van der Waals surface area (Å²) in [5.41, 5.74) is 0. The predicted molar refractivity (Wildman–Crippen MR) is 57.8 cm³/mol. The van der Waals surface area contributed by atoms with E-state index in [-0.39, 0.29) is 0 Å². The molecule has 4 nitrogen and oxygen atoms in total.